The molecular formula is C55H38N2O. The molecule has 1 aliphatic rings. The number of furan rings is 1. The number of para-hydroxylation sites is 3. The number of hydrogen-bond acceptors (Lipinski definition) is 2. The Morgan fingerprint density at radius 3 is 1.83 bits per heavy atom. The largest absolute Gasteiger partial charge is 0.456 e. The summed E-state index contributed by atoms with van der Waals surface area (Å²) in [6, 6.07) is 70.8. The molecule has 0 spiro atoms. The molecule has 0 bridgehead atoms. The van der Waals surface area contributed by atoms with Crippen molar-refractivity contribution in [3.63, 3.8) is 0 Å². The Bertz CT molecular complexity index is 3380. The molecule has 2 aromatic heterocycles. The third-order valence-corrected chi connectivity index (χ3v) is 12.6. The second-order valence-electron chi connectivity index (χ2n) is 16.1. The van der Waals surface area contributed by atoms with E-state index in [-0.39, 0.29) is 5.41 Å². The van der Waals surface area contributed by atoms with Crippen LogP contribution in [0.25, 0.3) is 82.5 Å². The summed E-state index contributed by atoms with van der Waals surface area (Å²) in [6.45, 7) is 4.71. The van der Waals surface area contributed by atoms with E-state index in [0.717, 1.165) is 55.8 Å². The topological polar surface area (TPSA) is 21.3 Å². The van der Waals surface area contributed by atoms with E-state index in [1.807, 2.05) is 0 Å². The Morgan fingerprint density at radius 2 is 1.05 bits per heavy atom. The molecule has 12 rings (SSSR count). The zero-order valence-electron chi connectivity index (χ0n) is 32.3. The van der Waals surface area contributed by atoms with Crippen LogP contribution < -0.4 is 4.90 Å². The quantitative estimate of drug-likeness (QED) is 0.175. The maximum atomic E-state index is 6.45. The van der Waals surface area contributed by atoms with Crippen LogP contribution in [0.5, 0.6) is 0 Å². The summed E-state index contributed by atoms with van der Waals surface area (Å²) in [7, 11) is 0. The van der Waals surface area contributed by atoms with Gasteiger partial charge in [0.15, 0.2) is 0 Å². The molecule has 3 heteroatoms. The van der Waals surface area contributed by atoms with Gasteiger partial charge >= 0.3 is 0 Å². The van der Waals surface area contributed by atoms with Gasteiger partial charge in [-0.2, -0.15) is 0 Å². The highest BCUT2D eigenvalue weighted by Gasteiger charge is 2.38. The van der Waals surface area contributed by atoms with Crippen molar-refractivity contribution >= 4 is 71.6 Å². The van der Waals surface area contributed by atoms with Gasteiger partial charge < -0.3 is 13.9 Å². The first-order valence-corrected chi connectivity index (χ1v) is 20.1. The number of rotatable bonds is 5. The molecule has 0 N–H and O–H groups in total. The molecule has 0 saturated carbocycles. The van der Waals surface area contributed by atoms with Gasteiger partial charge in [0.1, 0.15) is 11.2 Å². The molecule has 0 amide bonds. The standard InChI is InChI=1S/C55H38N2O/c1-55(2)46-20-9-5-19-43(46)54-47(55)21-13-25-51(54)57(39-29-27-38(28-30-39)56-49-23-11-7-17-41(49)42-18-8-12-24-50(42)56)48-22-10-6-16-40(48)37-26-31-52-44(33-37)45-32-35-14-3-4-15-36(35)34-53(45)58-52/h3-34H,1-2H3. The van der Waals surface area contributed by atoms with E-state index in [1.54, 1.807) is 0 Å². The van der Waals surface area contributed by atoms with Crippen molar-refractivity contribution in [2.75, 3.05) is 4.90 Å². The average molecular weight is 743 g/mol. The lowest BCUT2D eigenvalue weighted by molar-refractivity contribution is 0.660. The fourth-order valence-electron chi connectivity index (χ4n) is 9.82. The summed E-state index contributed by atoms with van der Waals surface area (Å²) >= 11 is 0. The van der Waals surface area contributed by atoms with Crippen LogP contribution in [0.15, 0.2) is 199 Å². The molecule has 1 aliphatic carbocycles. The van der Waals surface area contributed by atoms with Crippen LogP contribution in [0, 0.1) is 0 Å². The van der Waals surface area contributed by atoms with Crippen molar-refractivity contribution in [1.82, 2.24) is 4.57 Å². The van der Waals surface area contributed by atoms with Crippen LogP contribution >= 0.6 is 0 Å². The van der Waals surface area contributed by atoms with Gasteiger partial charge in [-0.15, -0.1) is 0 Å². The Balaban J connectivity index is 1.08. The Kier molecular flexibility index (Phi) is 6.98. The van der Waals surface area contributed by atoms with Gasteiger partial charge in [0.2, 0.25) is 0 Å². The first-order valence-electron chi connectivity index (χ1n) is 20.1. The minimum absolute atomic E-state index is 0.134. The van der Waals surface area contributed by atoms with Crippen molar-refractivity contribution in [2.45, 2.75) is 19.3 Å². The summed E-state index contributed by atoms with van der Waals surface area (Å²) in [5.74, 6) is 0. The molecule has 0 radical (unpaired) electrons. The van der Waals surface area contributed by atoms with Gasteiger partial charge in [0, 0.05) is 49.5 Å². The molecule has 0 atom stereocenters. The van der Waals surface area contributed by atoms with Crippen molar-refractivity contribution in [3.05, 3.63) is 205 Å². The van der Waals surface area contributed by atoms with E-state index in [1.165, 1.54) is 54.8 Å². The van der Waals surface area contributed by atoms with E-state index < -0.39 is 0 Å². The van der Waals surface area contributed by atoms with Gasteiger partial charge in [0.25, 0.3) is 0 Å². The highest BCUT2D eigenvalue weighted by Crippen LogP contribution is 2.55. The molecule has 11 aromatic rings. The van der Waals surface area contributed by atoms with Crippen molar-refractivity contribution in [2.24, 2.45) is 0 Å². The third kappa shape index (κ3) is 4.74. The summed E-state index contributed by atoms with van der Waals surface area (Å²) in [5, 5.41) is 7.15. The summed E-state index contributed by atoms with van der Waals surface area (Å²) in [5.41, 5.74) is 16.1. The zero-order chi connectivity index (χ0) is 38.5. The number of hydrogen-bond donors (Lipinski definition) is 0. The van der Waals surface area contributed by atoms with Gasteiger partial charge in [-0.3, -0.25) is 0 Å². The Labute approximate surface area is 336 Å². The van der Waals surface area contributed by atoms with Crippen LogP contribution in [-0.4, -0.2) is 4.57 Å². The second-order valence-corrected chi connectivity index (χ2v) is 16.1. The van der Waals surface area contributed by atoms with Crippen LogP contribution in [-0.2, 0) is 5.41 Å². The Hall–Kier alpha value is -7.36. The molecule has 0 fully saturated rings. The van der Waals surface area contributed by atoms with Crippen LogP contribution in [0.4, 0.5) is 17.1 Å². The minimum atomic E-state index is -0.134. The first-order chi connectivity index (χ1) is 28.5. The van der Waals surface area contributed by atoms with Gasteiger partial charge in [0.05, 0.1) is 22.4 Å². The first kappa shape index (κ1) is 32.8. The minimum Gasteiger partial charge on any atom is -0.456 e. The maximum Gasteiger partial charge on any atom is 0.136 e. The van der Waals surface area contributed by atoms with Crippen molar-refractivity contribution in [3.8, 4) is 27.9 Å². The highest BCUT2D eigenvalue weighted by molar-refractivity contribution is 6.12. The average Bonchev–Trinajstić information content (AvgIpc) is 3.88. The van der Waals surface area contributed by atoms with E-state index in [4.69, 9.17) is 4.42 Å². The number of fused-ring (bicyclic) bond motifs is 10. The fourth-order valence-corrected chi connectivity index (χ4v) is 9.82. The summed E-state index contributed by atoms with van der Waals surface area (Å²) in [4.78, 5) is 2.48. The molecular weight excluding hydrogens is 705 g/mol. The number of nitrogens with zero attached hydrogens (tertiary/aromatic N) is 2. The van der Waals surface area contributed by atoms with Crippen LogP contribution in [0.2, 0.25) is 0 Å². The second kappa shape index (κ2) is 12.3. The van der Waals surface area contributed by atoms with Gasteiger partial charge in [-0.1, -0.05) is 135 Å². The lowest BCUT2D eigenvalue weighted by Crippen LogP contribution is -2.16. The number of benzene rings is 9. The van der Waals surface area contributed by atoms with Crippen LogP contribution in [0.1, 0.15) is 25.0 Å². The predicted octanol–water partition coefficient (Wildman–Crippen LogP) is 15.3. The van der Waals surface area contributed by atoms with E-state index in [0.29, 0.717) is 0 Å². The third-order valence-electron chi connectivity index (χ3n) is 12.6. The van der Waals surface area contributed by atoms with E-state index in [2.05, 4.69) is 217 Å². The lowest BCUT2D eigenvalue weighted by atomic mass is 9.82. The normalized spacial score (nSPS) is 13.1. The van der Waals surface area contributed by atoms with Crippen molar-refractivity contribution in [1.29, 1.82) is 0 Å². The highest BCUT2D eigenvalue weighted by atomic mass is 16.3. The molecule has 274 valence electrons. The molecule has 0 unspecified atom stereocenters. The Morgan fingerprint density at radius 1 is 0.448 bits per heavy atom. The summed E-state index contributed by atoms with van der Waals surface area (Å²) < 4.78 is 8.84. The molecule has 2 heterocycles. The summed E-state index contributed by atoms with van der Waals surface area (Å²) in [6.07, 6.45) is 0. The van der Waals surface area contributed by atoms with E-state index in [9.17, 15) is 0 Å². The fraction of sp³-hybridized carbons (Fsp3) is 0.0545. The molecule has 3 nitrogen and oxygen atoms in total. The number of anilines is 3. The maximum absolute atomic E-state index is 6.45. The molecule has 9 aromatic carbocycles. The van der Waals surface area contributed by atoms with Crippen molar-refractivity contribution < 1.29 is 4.42 Å². The van der Waals surface area contributed by atoms with Crippen LogP contribution in [0.3, 0.4) is 0 Å². The number of aromatic nitrogens is 1. The SMILES string of the molecule is CC1(C)c2ccccc2-c2c(N(c3ccc(-n4c5ccccc5c5ccccc54)cc3)c3ccccc3-c3ccc4oc5cc6ccccc6cc5c4c3)cccc21. The predicted molar refractivity (Wildman–Crippen MR) is 243 cm³/mol. The monoisotopic (exact) mass is 742 g/mol. The smallest absolute Gasteiger partial charge is 0.136 e. The van der Waals surface area contributed by atoms with Gasteiger partial charge in [-0.25, -0.2) is 0 Å². The van der Waals surface area contributed by atoms with E-state index >= 15 is 0 Å². The molecule has 0 saturated heterocycles. The van der Waals surface area contributed by atoms with Gasteiger partial charge in [-0.05, 0) is 106 Å². The molecule has 0 aliphatic heterocycles. The lowest BCUT2D eigenvalue weighted by Gasteiger charge is -2.30. The molecule has 58 heavy (non-hydrogen) atoms. The zero-order valence-corrected chi connectivity index (χ0v) is 32.3.